The average Bonchev–Trinajstić information content (AvgIpc) is 2.46. The Morgan fingerprint density at radius 2 is 1.90 bits per heavy atom. The van der Waals surface area contributed by atoms with Crippen molar-refractivity contribution in [2.75, 3.05) is 12.0 Å². The molecular weight excluding hydrogens is 276 g/mol. The Bertz CT molecular complexity index is 491. The smallest absolute Gasteiger partial charge is 0.240 e. The molecule has 0 bridgehead atoms. The molecule has 0 fully saturated rings. The third-order valence-electron chi connectivity index (χ3n) is 3.01. The number of aromatic nitrogens is 1. The molecule has 0 aromatic carbocycles. The van der Waals surface area contributed by atoms with Crippen molar-refractivity contribution in [2.24, 2.45) is 5.84 Å². The average molecular weight is 300 g/mol. The summed E-state index contributed by atoms with van der Waals surface area (Å²) in [6, 6.07) is 2.86. The predicted octanol–water partition coefficient (Wildman–Crippen LogP) is 2.01. The van der Waals surface area contributed by atoms with E-state index in [1.807, 2.05) is 0 Å². The van der Waals surface area contributed by atoms with Crippen molar-refractivity contribution in [1.29, 1.82) is 0 Å². The van der Waals surface area contributed by atoms with Crippen molar-refractivity contribution in [2.45, 2.75) is 50.3 Å². The number of anilines is 1. The van der Waals surface area contributed by atoms with Gasteiger partial charge in [-0.15, -0.1) is 0 Å². The van der Waals surface area contributed by atoms with Crippen LogP contribution in [-0.4, -0.2) is 19.9 Å². The molecule has 0 aliphatic carbocycles. The summed E-state index contributed by atoms with van der Waals surface area (Å²) >= 11 is 0. The minimum Gasteiger partial charge on any atom is -0.308 e. The van der Waals surface area contributed by atoms with Crippen LogP contribution in [0.15, 0.2) is 23.2 Å². The standard InChI is InChI=1S/C13H24N4O2S/c1-2-3-4-5-6-7-9-16-20(18,19)12-8-10-15-13(11-12)17-14/h8,10-11,16H,2-7,9,14H2,1H3,(H,15,17). The topological polar surface area (TPSA) is 97.1 Å². The molecule has 114 valence electrons. The minimum absolute atomic E-state index is 0.173. The van der Waals surface area contributed by atoms with Crippen LogP contribution in [-0.2, 0) is 10.0 Å². The molecule has 0 amide bonds. The third-order valence-corrected chi connectivity index (χ3v) is 4.47. The van der Waals surface area contributed by atoms with E-state index in [4.69, 9.17) is 5.84 Å². The molecule has 1 heterocycles. The number of hydrazine groups is 1. The van der Waals surface area contributed by atoms with Crippen LogP contribution < -0.4 is 16.0 Å². The number of rotatable bonds is 10. The van der Waals surface area contributed by atoms with Crippen molar-refractivity contribution in [3.63, 3.8) is 0 Å². The molecule has 1 aromatic rings. The van der Waals surface area contributed by atoms with E-state index in [1.54, 1.807) is 0 Å². The van der Waals surface area contributed by atoms with Gasteiger partial charge in [0, 0.05) is 18.8 Å². The van der Waals surface area contributed by atoms with E-state index in [9.17, 15) is 8.42 Å². The van der Waals surface area contributed by atoms with Crippen molar-refractivity contribution in [1.82, 2.24) is 9.71 Å². The summed E-state index contributed by atoms with van der Waals surface area (Å²) in [5, 5.41) is 0. The lowest BCUT2D eigenvalue weighted by molar-refractivity contribution is 0.567. The fraction of sp³-hybridized carbons (Fsp3) is 0.615. The fourth-order valence-electron chi connectivity index (χ4n) is 1.85. The summed E-state index contributed by atoms with van der Waals surface area (Å²) in [4.78, 5) is 4.05. The third kappa shape index (κ3) is 5.85. The molecule has 0 aliphatic rings. The Kier molecular flexibility index (Phi) is 7.50. The highest BCUT2D eigenvalue weighted by molar-refractivity contribution is 7.89. The first kappa shape index (κ1) is 16.9. The maximum Gasteiger partial charge on any atom is 0.240 e. The Balaban J connectivity index is 2.37. The van der Waals surface area contributed by atoms with Gasteiger partial charge in [0.25, 0.3) is 0 Å². The van der Waals surface area contributed by atoms with E-state index in [-0.39, 0.29) is 4.90 Å². The molecule has 20 heavy (non-hydrogen) atoms. The van der Waals surface area contributed by atoms with Gasteiger partial charge < -0.3 is 5.43 Å². The highest BCUT2D eigenvalue weighted by Crippen LogP contribution is 2.12. The highest BCUT2D eigenvalue weighted by Gasteiger charge is 2.13. The quantitative estimate of drug-likeness (QED) is 0.349. The molecule has 6 nitrogen and oxygen atoms in total. The lowest BCUT2D eigenvalue weighted by Gasteiger charge is -2.07. The first-order valence-corrected chi connectivity index (χ1v) is 8.51. The van der Waals surface area contributed by atoms with Crippen LogP contribution in [0.5, 0.6) is 0 Å². The van der Waals surface area contributed by atoms with Crippen LogP contribution >= 0.6 is 0 Å². The lowest BCUT2D eigenvalue weighted by Crippen LogP contribution is -2.25. The van der Waals surface area contributed by atoms with Gasteiger partial charge in [0.15, 0.2) is 0 Å². The predicted molar refractivity (Wildman–Crippen MR) is 80.6 cm³/mol. The largest absolute Gasteiger partial charge is 0.308 e. The molecule has 0 saturated carbocycles. The van der Waals surface area contributed by atoms with Crippen LogP contribution in [0.4, 0.5) is 5.82 Å². The maximum absolute atomic E-state index is 12.0. The first-order valence-electron chi connectivity index (χ1n) is 7.02. The van der Waals surface area contributed by atoms with Crippen molar-refractivity contribution in [3.8, 4) is 0 Å². The van der Waals surface area contributed by atoms with Gasteiger partial charge in [0.2, 0.25) is 10.0 Å². The van der Waals surface area contributed by atoms with Gasteiger partial charge in [-0.2, -0.15) is 0 Å². The molecule has 0 radical (unpaired) electrons. The van der Waals surface area contributed by atoms with E-state index >= 15 is 0 Å². The molecule has 0 spiro atoms. The van der Waals surface area contributed by atoms with Crippen LogP contribution in [0.2, 0.25) is 0 Å². The minimum atomic E-state index is -3.48. The number of pyridine rings is 1. The molecule has 1 aromatic heterocycles. The summed E-state index contributed by atoms with van der Waals surface area (Å²) in [7, 11) is -3.48. The molecule has 0 unspecified atom stereocenters. The summed E-state index contributed by atoms with van der Waals surface area (Å²) in [5.74, 6) is 5.54. The monoisotopic (exact) mass is 300 g/mol. The normalized spacial score (nSPS) is 11.5. The number of hydrogen-bond donors (Lipinski definition) is 3. The van der Waals surface area contributed by atoms with Gasteiger partial charge in [-0.25, -0.2) is 24.0 Å². The maximum atomic E-state index is 12.0. The van der Waals surface area contributed by atoms with Crippen LogP contribution in [0.3, 0.4) is 0 Å². The van der Waals surface area contributed by atoms with Crippen molar-refractivity contribution < 1.29 is 8.42 Å². The zero-order valence-corrected chi connectivity index (χ0v) is 12.7. The number of nitrogens with two attached hydrogens (primary N) is 1. The molecule has 1 rings (SSSR count). The van der Waals surface area contributed by atoms with Crippen LogP contribution in [0.25, 0.3) is 0 Å². The second-order valence-electron chi connectivity index (χ2n) is 4.69. The van der Waals surface area contributed by atoms with E-state index in [2.05, 4.69) is 22.1 Å². The number of hydrogen-bond acceptors (Lipinski definition) is 5. The fourth-order valence-corrected chi connectivity index (χ4v) is 2.94. The molecular formula is C13H24N4O2S. The zero-order valence-electron chi connectivity index (χ0n) is 11.9. The molecule has 0 aliphatic heterocycles. The van der Waals surface area contributed by atoms with Gasteiger partial charge in [-0.3, -0.25) is 0 Å². The first-order chi connectivity index (χ1) is 9.60. The van der Waals surface area contributed by atoms with E-state index in [0.717, 1.165) is 19.3 Å². The highest BCUT2D eigenvalue weighted by atomic mass is 32.2. The summed E-state index contributed by atoms with van der Waals surface area (Å²) in [6.07, 6.45) is 8.16. The van der Waals surface area contributed by atoms with Crippen molar-refractivity contribution in [3.05, 3.63) is 18.3 Å². The van der Waals surface area contributed by atoms with Crippen molar-refractivity contribution >= 4 is 15.8 Å². The molecule has 4 N–H and O–H groups in total. The van der Waals surface area contributed by atoms with Gasteiger partial charge in [0.1, 0.15) is 5.82 Å². The lowest BCUT2D eigenvalue weighted by atomic mass is 10.1. The van der Waals surface area contributed by atoms with E-state index < -0.39 is 10.0 Å². The molecule has 7 heteroatoms. The Labute approximate surface area is 121 Å². The van der Waals surface area contributed by atoms with Gasteiger partial charge >= 0.3 is 0 Å². The Morgan fingerprint density at radius 3 is 2.60 bits per heavy atom. The summed E-state index contributed by atoms with van der Waals surface area (Å²) in [6.45, 7) is 2.63. The van der Waals surface area contributed by atoms with E-state index in [1.165, 1.54) is 37.6 Å². The Hall–Kier alpha value is -1.18. The second kappa shape index (κ2) is 8.89. The summed E-state index contributed by atoms with van der Waals surface area (Å²) in [5.41, 5.74) is 2.33. The zero-order chi connectivity index (χ0) is 14.8. The second-order valence-corrected chi connectivity index (χ2v) is 6.45. The number of sulfonamides is 1. The molecule has 0 saturated heterocycles. The van der Waals surface area contributed by atoms with E-state index in [0.29, 0.717) is 12.4 Å². The van der Waals surface area contributed by atoms with Gasteiger partial charge in [0.05, 0.1) is 4.90 Å². The van der Waals surface area contributed by atoms with Gasteiger partial charge in [-0.05, 0) is 12.5 Å². The number of unbranched alkanes of at least 4 members (excludes halogenated alkanes) is 5. The Morgan fingerprint density at radius 1 is 1.20 bits per heavy atom. The van der Waals surface area contributed by atoms with Crippen LogP contribution in [0, 0.1) is 0 Å². The number of nitrogens with one attached hydrogen (secondary N) is 2. The van der Waals surface area contributed by atoms with Gasteiger partial charge in [-0.1, -0.05) is 39.0 Å². The molecule has 0 atom stereocenters. The number of nitrogen functional groups attached to an aromatic ring is 1. The number of nitrogens with zero attached hydrogens (tertiary/aromatic N) is 1. The SMILES string of the molecule is CCCCCCCCNS(=O)(=O)c1ccnc(NN)c1. The van der Waals surface area contributed by atoms with Crippen LogP contribution in [0.1, 0.15) is 45.4 Å². The summed E-state index contributed by atoms with van der Waals surface area (Å²) < 4.78 is 26.6.